The summed E-state index contributed by atoms with van der Waals surface area (Å²) < 4.78 is 6.13. The standard InChI is InChI=1S/C16H32O2Si/c1-8-11-15(17)14(9-2)12-10-13-18-19(6,7)16(3,4)5/h8-9,11,14-15,17H,2,10,12-13H2,1,3-7H3/b11-8+/t14-,15-/m1/s1. The van der Waals surface area contributed by atoms with Crippen LogP contribution in [-0.2, 0) is 4.43 Å². The molecule has 0 aliphatic carbocycles. The van der Waals surface area contributed by atoms with E-state index in [9.17, 15) is 5.11 Å². The van der Waals surface area contributed by atoms with E-state index in [0.717, 1.165) is 19.4 Å². The summed E-state index contributed by atoms with van der Waals surface area (Å²) in [5, 5.41) is 10.2. The fourth-order valence-electron chi connectivity index (χ4n) is 1.63. The lowest BCUT2D eigenvalue weighted by Crippen LogP contribution is -2.41. The Balaban J connectivity index is 4.13. The molecule has 0 radical (unpaired) electrons. The van der Waals surface area contributed by atoms with Crippen LogP contribution < -0.4 is 0 Å². The maximum Gasteiger partial charge on any atom is 0.191 e. The largest absolute Gasteiger partial charge is 0.417 e. The Morgan fingerprint density at radius 3 is 2.32 bits per heavy atom. The van der Waals surface area contributed by atoms with Gasteiger partial charge in [-0.05, 0) is 37.9 Å². The quantitative estimate of drug-likeness (QED) is 0.403. The minimum Gasteiger partial charge on any atom is -0.417 e. The van der Waals surface area contributed by atoms with Crippen LogP contribution in [-0.4, -0.2) is 26.1 Å². The minimum atomic E-state index is -1.63. The van der Waals surface area contributed by atoms with Gasteiger partial charge in [0, 0.05) is 12.5 Å². The molecule has 0 aromatic rings. The summed E-state index contributed by atoms with van der Waals surface area (Å²) in [6, 6.07) is 0. The number of aliphatic hydroxyl groups is 1. The molecule has 0 heterocycles. The molecule has 0 aliphatic heterocycles. The summed E-state index contributed by atoms with van der Waals surface area (Å²) in [6.07, 6.45) is 7.02. The summed E-state index contributed by atoms with van der Waals surface area (Å²) in [5.74, 6) is 0.124. The molecular weight excluding hydrogens is 252 g/mol. The zero-order chi connectivity index (χ0) is 15.1. The molecule has 0 spiro atoms. The Kier molecular flexibility index (Phi) is 7.87. The van der Waals surface area contributed by atoms with Gasteiger partial charge in [-0.15, -0.1) is 6.58 Å². The van der Waals surface area contributed by atoms with Crippen LogP contribution in [0.3, 0.4) is 0 Å². The molecular formula is C16H32O2Si. The van der Waals surface area contributed by atoms with Crippen molar-refractivity contribution in [3.05, 3.63) is 24.8 Å². The molecule has 0 aromatic carbocycles. The molecule has 0 bridgehead atoms. The first kappa shape index (κ1) is 18.6. The third-order valence-electron chi connectivity index (χ3n) is 4.08. The maximum atomic E-state index is 9.91. The lowest BCUT2D eigenvalue weighted by molar-refractivity contribution is 0.164. The van der Waals surface area contributed by atoms with E-state index in [1.807, 2.05) is 25.2 Å². The topological polar surface area (TPSA) is 29.5 Å². The molecule has 0 unspecified atom stereocenters. The van der Waals surface area contributed by atoms with Gasteiger partial charge in [-0.1, -0.05) is 39.0 Å². The number of rotatable bonds is 8. The molecule has 0 aromatic heterocycles. The van der Waals surface area contributed by atoms with Gasteiger partial charge in [-0.25, -0.2) is 0 Å². The number of aliphatic hydroxyl groups excluding tert-OH is 1. The monoisotopic (exact) mass is 284 g/mol. The third-order valence-corrected chi connectivity index (χ3v) is 8.62. The molecule has 112 valence electrons. The fraction of sp³-hybridized carbons (Fsp3) is 0.750. The highest BCUT2D eigenvalue weighted by atomic mass is 28.4. The first-order chi connectivity index (χ1) is 8.65. The van der Waals surface area contributed by atoms with Crippen molar-refractivity contribution in [2.24, 2.45) is 5.92 Å². The smallest absolute Gasteiger partial charge is 0.191 e. The zero-order valence-corrected chi connectivity index (χ0v) is 14.6. The molecule has 0 saturated carbocycles. The van der Waals surface area contributed by atoms with E-state index in [1.54, 1.807) is 0 Å². The van der Waals surface area contributed by atoms with Gasteiger partial charge in [0.05, 0.1) is 6.10 Å². The van der Waals surface area contributed by atoms with Crippen molar-refractivity contribution in [3.8, 4) is 0 Å². The highest BCUT2D eigenvalue weighted by Gasteiger charge is 2.36. The number of allylic oxidation sites excluding steroid dienone is 1. The Bertz CT molecular complexity index is 290. The van der Waals surface area contributed by atoms with Crippen LogP contribution in [0.5, 0.6) is 0 Å². The number of hydrogen-bond acceptors (Lipinski definition) is 2. The maximum absolute atomic E-state index is 9.91. The minimum absolute atomic E-state index is 0.124. The van der Waals surface area contributed by atoms with Crippen LogP contribution in [0.25, 0.3) is 0 Å². The van der Waals surface area contributed by atoms with Gasteiger partial charge in [-0.3, -0.25) is 0 Å². The fourth-order valence-corrected chi connectivity index (χ4v) is 2.72. The lowest BCUT2D eigenvalue weighted by Gasteiger charge is -2.36. The Hall–Kier alpha value is -0.383. The summed E-state index contributed by atoms with van der Waals surface area (Å²) in [5.41, 5.74) is 0. The van der Waals surface area contributed by atoms with Gasteiger partial charge in [0.2, 0.25) is 0 Å². The Morgan fingerprint density at radius 1 is 1.32 bits per heavy atom. The van der Waals surface area contributed by atoms with Gasteiger partial charge in [0.1, 0.15) is 0 Å². The van der Waals surface area contributed by atoms with Gasteiger partial charge < -0.3 is 9.53 Å². The predicted octanol–water partition coefficient (Wildman–Crippen LogP) is 4.53. The summed E-state index contributed by atoms with van der Waals surface area (Å²) in [7, 11) is -1.63. The number of hydrogen-bond donors (Lipinski definition) is 1. The van der Waals surface area contributed by atoms with Crippen molar-refractivity contribution in [2.45, 2.75) is 64.8 Å². The van der Waals surface area contributed by atoms with Gasteiger partial charge in [0.25, 0.3) is 0 Å². The first-order valence-electron chi connectivity index (χ1n) is 7.23. The van der Waals surface area contributed by atoms with Crippen LogP contribution in [0, 0.1) is 5.92 Å². The second-order valence-corrected chi connectivity index (χ2v) is 11.5. The van der Waals surface area contributed by atoms with Crippen LogP contribution in [0.2, 0.25) is 18.1 Å². The van der Waals surface area contributed by atoms with Crippen LogP contribution in [0.4, 0.5) is 0 Å². The van der Waals surface area contributed by atoms with E-state index in [2.05, 4.69) is 40.4 Å². The Morgan fingerprint density at radius 2 is 1.89 bits per heavy atom. The van der Waals surface area contributed by atoms with E-state index in [0.29, 0.717) is 0 Å². The lowest BCUT2D eigenvalue weighted by atomic mass is 9.97. The summed E-state index contributed by atoms with van der Waals surface area (Å²) >= 11 is 0. The highest BCUT2D eigenvalue weighted by molar-refractivity contribution is 6.74. The molecule has 0 rings (SSSR count). The van der Waals surface area contributed by atoms with Crippen LogP contribution in [0.1, 0.15) is 40.5 Å². The second kappa shape index (κ2) is 8.03. The van der Waals surface area contributed by atoms with Crippen molar-refractivity contribution >= 4 is 8.32 Å². The zero-order valence-electron chi connectivity index (χ0n) is 13.6. The van der Waals surface area contributed by atoms with Crippen molar-refractivity contribution in [1.29, 1.82) is 0 Å². The SMILES string of the molecule is C=C[C@H](CCCO[Si](C)(C)C(C)(C)C)[C@H](O)/C=C/C. The Labute approximate surface area is 120 Å². The van der Waals surface area contributed by atoms with Crippen molar-refractivity contribution in [2.75, 3.05) is 6.61 Å². The molecule has 19 heavy (non-hydrogen) atoms. The van der Waals surface area contributed by atoms with Gasteiger partial charge >= 0.3 is 0 Å². The van der Waals surface area contributed by atoms with Crippen LogP contribution in [0.15, 0.2) is 24.8 Å². The van der Waals surface area contributed by atoms with E-state index < -0.39 is 14.4 Å². The molecule has 2 nitrogen and oxygen atoms in total. The molecule has 2 atom stereocenters. The van der Waals surface area contributed by atoms with E-state index >= 15 is 0 Å². The van der Waals surface area contributed by atoms with Crippen molar-refractivity contribution < 1.29 is 9.53 Å². The highest BCUT2D eigenvalue weighted by Crippen LogP contribution is 2.36. The van der Waals surface area contributed by atoms with E-state index in [1.165, 1.54) is 0 Å². The molecule has 0 saturated heterocycles. The molecule has 3 heteroatoms. The average molecular weight is 285 g/mol. The van der Waals surface area contributed by atoms with E-state index in [4.69, 9.17) is 4.43 Å². The summed E-state index contributed by atoms with van der Waals surface area (Å²) in [4.78, 5) is 0. The molecule has 0 fully saturated rings. The van der Waals surface area contributed by atoms with E-state index in [-0.39, 0.29) is 11.0 Å². The molecule has 0 amide bonds. The van der Waals surface area contributed by atoms with Gasteiger partial charge in [-0.2, -0.15) is 0 Å². The van der Waals surface area contributed by atoms with Crippen molar-refractivity contribution in [1.82, 2.24) is 0 Å². The molecule has 1 N–H and O–H groups in total. The van der Waals surface area contributed by atoms with Gasteiger partial charge in [0.15, 0.2) is 8.32 Å². The third kappa shape index (κ3) is 6.55. The average Bonchev–Trinajstić information content (AvgIpc) is 2.27. The predicted molar refractivity (Wildman–Crippen MR) is 86.9 cm³/mol. The molecule has 0 aliphatic rings. The normalized spacial score (nSPS) is 16.6. The second-order valence-electron chi connectivity index (χ2n) is 6.67. The summed E-state index contributed by atoms with van der Waals surface area (Å²) in [6.45, 7) is 17.8. The van der Waals surface area contributed by atoms with Crippen LogP contribution >= 0.6 is 0 Å². The van der Waals surface area contributed by atoms with Crippen molar-refractivity contribution in [3.63, 3.8) is 0 Å². The first-order valence-corrected chi connectivity index (χ1v) is 10.1.